The summed E-state index contributed by atoms with van der Waals surface area (Å²) in [6.07, 6.45) is 5.29. The molecule has 0 saturated heterocycles. The van der Waals surface area contributed by atoms with Crippen LogP contribution in [0.5, 0.6) is 0 Å². The first kappa shape index (κ1) is 17.2. The molecule has 0 radical (unpaired) electrons. The van der Waals surface area contributed by atoms with E-state index in [2.05, 4.69) is 27.2 Å². The predicted octanol–water partition coefficient (Wildman–Crippen LogP) is 3.15. The maximum Gasteiger partial charge on any atom is 0.253 e. The molecule has 3 aromatic rings. The summed E-state index contributed by atoms with van der Waals surface area (Å²) in [7, 11) is 3.84. The molecule has 0 unspecified atom stereocenters. The smallest absolute Gasteiger partial charge is 0.253 e. The van der Waals surface area contributed by atoms with Crippen molar-refractivity contribution in [2.75, 3.05) is 14.1 Å². The van der Waals surface area contributed by atoms with Crippen molar-refractivity contribution in [1.29, 1.82) is 0 Å². The molecule has 6 nitrogen and oxygen atoms in total. The SMILES string of the molecule is CC(=O)c1cnc2nc(SCc3ccccc3)nn2c1C=CN(C)C. The van der Waals surface area contributed by atoms with E-state index in [1.54, 1.807) is 22.5 Å². The molecule has 2 aromatic heterocycles. The molecule has 0 aliphatic rings. The normalized spacial score (nSPS) is 11.3. The molecule has 0 N–H and O–H groups in total. The Kier molecular flexibility index (Phi) is 5.14. The Bertz CT molecular complexity index is 918. The highest BCUT2D eigenvalue weighted by atomic mass is 32.2. The van der Waals surface area contributed by atoms with Crippen LogP contribution in [0.25, 0.3) is 11.9 Å². The number of carbonyl (C=O) groups excluding carboxylic acids is 1. The Hall–Kier alpha value is -2.67. The molecule has 0 fully saturated rings. The van der Waals surface area contributed by atoms with Crippen LogP contribution in [0.4, 0.5) is 0 Å². The molecule has 7 heteroatoms. The fourth-order valence-corrected chi connectivity index (χ4v) is 3.04. The van der Waals surface area contributed by atoms with Crippen LogP contribution in [0.15, 0.2) is 47.9 Å². The molecule has 0 aliphatic carbocycles. The third-order valence-corrected chi connectivity index (χ3v) is 4.41. The number of hydrogen-bond donors (Lipinski definition) is 0. The van der Waals surface area contributed by atoms with Crippen molar-refractivity contribution in [3.63, 3.8) is 0 Å². The molecule has 3 rings (SSSR count). The average Bonchev–Trinajstić information content (AvgIpc) is 3.01. The number of rotatable bonds is 6. The molecule has 1 aromatic carbocycles. The van der Waals surface area contributed by atoms with Gasteiger partial charge in [0, 0.05) is 32.2 Å². The third-order valence-electron chi connectivity index (χ3n) is 3.50. The molecule has 0 saturated carbocycles. The molecule has 0 spiro atoms. The lowest BCUT2D eigenvalue weighted by molar-refractivity contribution is 0.101. The van der Waals surface area contributed by atoms with Crippen molar-refractivity contribution in [2.24, 2.45) is 0 Å². The zero-order valence-corrected chi connectivity index (χ0v) is 15.2. The Morgan fingerprint density at radius 2 is 2.04 bits per heavy atom. The van der Waals surface area contributed by atoms with E-state index in [-0.39, 0.29) is 5.78 Å². The standard InChI is InChI=1S/C18H19N5OS/c1-13(24)15-11-19-17-20-18(25-12-14-7-5-4-6-8-14)21-23(17)16(15)9-10-22(2)3/h4-11H,12H2,1-3H3. The van der Waals surface area contributed by atoms with Gasteiger partial charge in [0.1, 0.15) is 0 Å². The van der Waals surface area contributed by atoms with Gasteiger partial charge in [-0.15, -0.1) is 5.10 Å². The molecule has 128 valence electrons. The van der Waals surface area contributed by atoms with Gasteiger partial charge in [0.05, 0.1) is 11.3 Å². The zero-order valence-electron chi connectivity index (χ0n) is 14.4. The number of aromatic nitrogens is 4. The van der Waals surface area contributed by atoms with E-state index in [0.717, 1.165) is 5.75 Å². The van der Waals surface area contributed by atoms with Crippen LogP contribution in [-0.4, -0.2) is 44.4 Å². The first-order valence-electron chi connectivity index (χ1n) is 7.82. The Labute approximate surface area is 150 Å². The minimum Gasteiger partial charge on any atom is -0.383 e. The van der Waals surface area contributed by atoms with Crippen LogP contribution in [-0.2, 0) is 5.75 Å². The Morgan fingerprint density at radius 3 is 2.72 bits per heavy atom. The van der Waals surface area contributed by atoms with Crippen molar-refractivity contribution in [3.05, 3.63) is 59.5 Å². The number of fused-ring (bicyclic) bond motifs is 1. The summed E-state index contributed by atoms with van der Waals surface area (Å²) in [6.45, 7) is 1.53. The molecule has 0 aliphatic heterocycles. The molecular formula is C18H19N5OS. The molecule has 0 amide bonds. The second-order valence-corrected chi connectivity index (χ2v) is 6.72. The van der Waals surface area contributed by atoms with Crippen LogP contribution >= 0.6 is 11.8 Å². The number of nitrogens with zero attached hydrogens (tertiary/aromatic N) is 5. The topological polar surface area (TPSA) is 63.4 Å². The minimum absolute atomic E-state index is 0.0539. The summed E-state index contributed by atoms with van der Waals surface area (Å²) in [5.41, 5.74) is 2.41. The number of ketones is 1. The maximum atomic E-state index is 11.9. The van der Waals surface area contributed by atoms with E-state index in [9.17, 15) is 4.79 Å². The summed E-state index contributed by atoms with van der Waals surface area (Å²) in [6, 6.07) is 10.2. The fraction of sp³-hybridized carbons (Fsp3) is 0.222. The lowest BCUT2D eigenvalue weighted by atomic mass is 10.1. The molecule has 2 heterocycles. The summed E-state index contributed by atoms with van der Waals surface area (Å²) >= 11 is 1.54. The van der Waals surface area contributed by atoms with Gasteiger partial charge in [-0.3, -0.25) is 4.79 Å². The second-order valence-electron chi connectivity index (χ2n) is 5.77. The van der Waals surface area contributed by atoms with Gasteiger partial charge in [0.15, 0.2) is 5.78 Å². The molecular weight excluding hydrogens is 334 g/mol. The number of benzene rings is 1. The van der Waals surface area contributed by atoms with Crippen molar-refractivity contribution in [3.8, 4) is 0 Å². The van der Waals surface area contributed by atoms with Crippen molar-refractivity contribution in [2.45, 2.75) is 17.8 Å². The highest BCUT2D eigenvalue weighted by Crippen LogP contribution is 2.21. The minimum atomic E-state index is -0.0539. The molecule has 0 bridgehead atoms. The van der Waals surface area contributed by atoms with Crippen molar-refractivity contribution in [1.82, 2.24) is 24.5 Å². The average molecular weight is 353 g/mol. The lowest BCUT2D eigenvalue weighted by Crippen LogP contribution is -2.07. The third kappa shape index (κ3) is 4.06. The van der Waals surface area contributed by atoms with Gasteiger partial charge in [-0.1, -0.05) is 42.1 Å². The second kappa shape index (κ2) is 7.48. The van der Waals surface area contributed by atoms with Gasteiger partial charge in [-0.05, 0) is 18.6 Å². The number of Topliss-reactive ketones (excluding diaryl/α,β-unsaturated/α-hetero) is 1. The molecule has 25 heavy (non-hydrogen) atoms. The summed E-state index contributed by atoms with van der Waals surface area (Å²) < 4.78 is 1.63. The van der Waals surface area contributed by atoms with Gasteiger partial charge < -0.3 is 4.90 Å². The van der Waals surface area contributed by atoms with Crippen LogP contribution < -0.4 is 0 Å². The van der Waals surface area contributed by atoms with Crippen LogP contribution in [0.2, 0.25) is 0 Å². The number of thioether (sulfide) groups is 1. The first-order chi connectivity index (χ1) is 12.0. The van der Waals surface area contributed by atoms with Crippen molar-refractivity contribution >= 4 is 29.4 Å². The summed E-state index contributed by atoms with van der Waals surface area (Å²) in [5, 5.41) is 5.17. The quantitative estimate of drug-likeness (QED) is 0.501. The van der Waals surface area contributed by atoms with Gasteiger partial charge in [-0.2, -0.15) is 9.50 Å². The Balaban J connectivity index is 1.95. The van der Waals surface area contributed by atoms with E-state index >= 15 is 0 Å². The largest absolute Gasteiger partial charge is 0.383 e. The van der Waals surface area contributed by atoms with E-state index in [1.807, 2.05) is 49.5 Å². The van der Waals surface area contributed by atoms with Crippen LogP contribution in [0, 0.1) is 0 Å². The summed E-state index contributed by atoms with van der Waals surface area (Å²) in [4.78, 5) is 22.6. The maximum absolute atomic E-state index is 11.9. The lowest BCUT2D eigenvalue weighted by Gasteiger charge is -2.06. The van der Waals surface area contributed by atoms with Gasteiger partial charge in [-0.25, -0.2) is 4.98 Å². The highest BCUT2D eigenvalue weighted by Gasteiger charge is 2.14. The van der Waals surface area contributed by atoms with E-state index in [4.69, 9.17) is 0 Å². The Morgan fingerprint density at radius 1 is 1.28 bits per heavy atom. The van der Waals surface area contributed by atoms with Gasteiger partial charge >= 0.3 is 0 Å². The van der Waals surface area contributed by atoms with E-state index < -0.39 is 0 Å². The fourth-order valence-electron chi connectivity index (χ4n) is 2.27. The summed E-state index contributed by atoms with van der Waals surface area (Å²) in [5.74, 6) is 1.21. The highest BCUT2D eigenvalue weighted by molar-refractivity contribution is 7.98. The predicted molar refractivity (Wildman–Crippen MR) is 99.5 cm³/mol. The zero-order chi connectivity index (χ0) is 17.8. The monoisotopic (exact) mass is 353 g/mol. The van der Waals surface area contributed by atoms with Gasteiger partial charge in [0.25, 0.3) is 5.78 Å². The van der Waals surface area contributed by atoms with Crippen LogP contribution in [0.3, 0.4) is 0 Å². The van der Waals surface area contributed by atoms with Gasteiger partial charge in [0.2, 0.25) is 5.16 Å². The van der Waals surface area contributed by atoms with E-state index in [1.165, 1.54) is 12.5 Å². The first-order valence-corrected chi connectivity index (χ1v) is 8.81. The molecule has 0 atom stereocenters. The van der Waals surface area contributed by atoms with E-state index in [0.29, 0.717) is 22.2 Å². The van der Waals surface area contributed by atoms with Crippen molar-refractivity contribution < 1.29 is 4.79 Å². The van der Waals surface area contributed by atoms with Crippen LogP contribution in [0.1, 0.15) is 28.5 Å². The number of hydrogen-bond acceptors (Lipinski definition) is 6. The number of carbonyl (C=O) groups is 1.